The van der Waals surface area contributed by atoms with Gasteiger partial charge in [0.05, 0.1) is 12.2 Å². The summed E-state index contributed by atoms with van der Waals surface area (Å²) in [4.78, 5) is 2.23. The van der Waals surface area contributed by atoms with Crippen molar-refractivity contribution >= 4 is 12.4 Å². The van der Waals surface area contributed by atoms with Crippen molar-refractivity contribution < 1.29 is 14.6 Å². The number of benzene rings is 1. The molecule has 2 rings (SSSR count). The van der Waals surface area contributed by atoms with Gasteiger partial charge < -0.3 is 14.6 Å². The van der Waals surface area contributed by atoms with Crippen LogP contribution in [0.2, 0.25) is 0 Å². The first-order chi connectivity index (χ1) is 9.13. The van der Waals surface area contributed by atoms with Gasteiger partial charge in [-0.05, 0) is 26.0 Å². The summed E-state index contributed by atoms with van der Waals surface area (Å²) < 4.78 is 11.2. The largest absolute Gasteiger partial charge is 0.491 e. The molecule has 114 valence electrons. The third-order valence-corrected chi connectivity index (χ3v) is 3.15. The van der Waals surface area contributed by atoms with Crippen molar-refractivity contribution in [1.29, 1.82) is 0 Å². The number of ether oxygens (including phenoxy) is 2. The van der Waals surface area contributed by atoms with Crippen LogP contribution >= 0.6 is 12.4 Å². The highest BCUT2D eigenvalue weighted by Gasteiger charge is 2.23. The molecule has 0 saturated carbocycles. The van der Waals surface area contributed by atoms with Crippen LogP contribution in [-0.4, -0.2) is 54.6 Å². The fraction of sp³-hybridized carbons (Fsp3) is 0.600. The highest BCUT2D eigenvalue weighted by molar-refractivity contribution is 5.85. The van der Waals surface area contributed by atoms with Crippen molar-refractivity contribution in [3.8, 4) is 5.75 Å². The maximum absolute atomic E-state index is 10.0. The molecule has 1 aliphatic heterocycles. The van der Waals surface area contributed by atoms with E-state index in [-0.39, 0.29) is 24.6 Å². The van der Waals surface area contributed by atoms with Crippen molar-refractivity contribution in [3.63, 3.8) is 0 Å². The first kappa shape index (κ1) is 17.2. The molecule has 1 N–H and O–H groups in total. The van der Waals surface area contributed by atoms with Crippen LogP contribution in [0.25, 0.3) is 0 Å². The van der Waals surface area contributed by atoms with Crippen LogP contribution in [-0.2, 0) is 4.74 Å². The van der Waals surface area contributed by atoms with Crippen LogP contribution in [0.1, 0.15) is 13.8 Å². The second kappa shape index (κ2) is 8.47. The van der Waals surface area contributed by atoms with Gasteiger partial charge in [-0.25, -0.2) is 0 Å². The fourth-order valence-electron chi connectivity index (χ4n) is 2.49. The van der Waals surface area contributed by atoms with E-state index in [1.54, 1.807) is 0 Å². The van der Waals surface area contributed by atoms with Crippen molar-refractivity contribution in [2.24, 2.45) is 0 Å². The summed E-state index contributed by atoms with van der Waals surface area (Å²) in [6, 6.07) is 9.58. The minimum atomic E-state index is -0.474. The average Bonchev–Trinajstić information content (AvgIpc) is 2.36. The van der Waals surface area contributed by atoms with Gasteiger partial charge in [0.15, 0.2) is 0 Å². The SMILES string of the molecule is CC1CN(CC(O)COc2ccccc2)CC(C)O1.Cl. The van der Waals surface area contributed by atoms with Crippen LogP contribution in [0.4, 0.5) is 0 Å². The monoisotopic (exact) mass is 301 g/mol. The summed E-state index contributed by atoms with van der Waals surface area (Å²) in [6.45, 7) is 6.82. The molecule has 1 aromatic carbocycles. The Morgan fingerprint density at radius 3 is 2.45 bits per heavy atom. The standard InChI is InChI=1S/C15H23NO3.ClH/c1-12-8-16(9-13(2)19-12)10-14(17)11-18-15-6-4-3-5-7-15;/h3-7,12-14,17H,8-11H2,1-2H3;1H. The van der Waals surface area contributed by atoms with Crippen molar-refractivity contribution in [2.75, 3.05) is 26.2 Å². The summed E-state index contributed by atoms with van der Waals surface area (Å²) in [7, 11) is 0. The molecule has 0 aliphatic carbocycles. The van der Waals surface area contributed by atoms with Gasteiger partial charge in [0, 0.05) is 19.6 Å². The molecule has 1 saturated heterocycles. The number of aliphatic hydroxyl groups is 1. The van der Waals surface area contributed by atoms with E-state index >= 15 is 0 Å². The van der Waals surface area contributed by atoms with Crippen molar-refractivity contribution in [3.05, 3.63) is 30.3 Å². The maximum atomic E-state index is 10.0. The smallest absolute Gasteiger partial charge is 0.119 e. The van der Waals surface area contributed by atoms with Gasteiger partial charge in [-0.3, -0.25) is 4.90 Å². The Morgan fingerprint density at radius 1 is 1.25 bits per heavy atom. The Hall–Kier alpha value is -0.810. The van der Waals surface area contributed by atoms with Crippen LogP contribution in [0.5, 0.6) is 5.75 Å². The molecule has 4 nitrogen and oxygen atoms in total. The number of nitrogens with zero attached hydrogens (tertiary/aromatic N) is 1. The van der Waals surface area contributed by atoms with E-state index in [4.69, 9.17) is 9.47 Å². The van der Waals surface area contributed by atoms with Crippen LogP contribution in [0, 0.1) is 0 Å². The number of para-hydroxylation sites is 1. The molecule has 5 heteroatoms. The topological polar surface area (TPSA) is 41.9 Å². The van der Waals surface area contributed by atoms with E-state index in [9.17, 15) is 5.11 Å². The minimum absolute atomic E-state index is 0. The fourth-order valence-corrected chi connectivity index (χ4v) is 2.49. The third-order valence-electron chi connectivity index (χ3n) is 3.15. The van der Waals surface area contributed by atoms with Gasteiger partial charge in [0.25, 0.3) is 0 Å². The molecular weight excluding hydrogens is 278 g/mol. The number of halogens is 1. The third kappa shape index (κ3) is 5.67. The highest BCUT2D eigenvalue weighted by Crippen LogP contribution is 2.12. The molecule has 0 radical (unpaired) electrons. The van der Waals surface area contributed by atoms with E-state index in [1.807, 2.05) is 30.3 Å². The molecule has 3 unspecified atom stereocenters. The quantitative estimate of drug-likeness (QED) is 0.903. The molecular formula is C15H24ClNO3. The highest BCUT2D eigenvalue weighted by atomic mass is 35.5. The lowest BCUT2D eigenvalue weighted by molar-refractivity contribution is -0.0786. The van der Waals surface area contributed by atoms with E-state index in [0.29, 0.717) is 13.2 Å². The Kier molecular flexibility index (Phi) is 7.30. The van der Waals surface area contributed by atoms with E-state index in [1.165, 1.54) is 0 Å². The summed E-state index contributed by atoms with van der Waals surface area (Å²) in [5.41, 5.74) is 0. The predicted molar refractivity (Wildman–Crippen MR) is 81.6 cm³/mol. The average molecular weight is 302 g/mol. The van der Waals surface area contributed by atoms with E-state index < -0.39 is 6.10 Å². The second-order valence-corrected chi connectivity index (χ2v) is 5.25. The summed E-state index contributed by atoms with van der Waals surface area (Å²) >= 11 is 0. The van der Waals surface area contributed by atoms with Crippen molar-refractivity contribution in [1.82, 2.24) is 4.90 Å². The number of aliphatic hydroxyl groups excluding tert-OH is 1. The van der Waals surface area contributed by atoms with Gasteiger partial charge >= 0.3 is 0 Å². The van der Waals surface area contributed by atoms with Crippen LogP contribution < -0.4 is 4.74 Å². The zero-order valence-electron chi connectivity index (χ0n) is 12.1. The van der Waals surface area contributed by atoms with Crippen molar-refractivity contribution in [2.45, 2.75) is 32.2 Å². The number of β-amino-alcohol motifs (C(OH)–C–C–N with tert-alkyl or cyclic N) is 1. The van der Waals surface area contributed by atoms with Gasteiger partial charge in [-0.1, -0.05) is 18.2 Å². The lowest BCUT2D eigenvalue weighted by Gasteiger charge is -2.36. The number of rotatable bonds is 5. The molecule has 0 bridgehead atoms. The zero-order chi connectivity index (χ0) is 13.7. The summed E-state index contributed by atoms with van der Waals surface area (Å²) in [5, 5.41) is 10.0. The minimum Gasteiger partial charge on any atom is -0.491 e. The Balaban J connectivity index is 0.00000200. The Morgan fingerprint density at radius 2 is 1.85 bits per heavy atom. The van der Waals surface area contributed by atoms with Crippen LogP contribution in [0.3, 0.4) is 0 Å². The number of hydrogen-bond donors (Lipinski definition) is 1. The lowest BCUT2D eigenvalue weighted by atomic mass is 10.2. The molecule has 3 atom stereocenters. The molecule has 0 amide bonds. The number of morpholine rings is 1. The molecule has 0 aromatic heterocycles. The Bertz CT molecular complexity index is 367. The van der Waals surface area contributed by atoms with Gasteiger partial charge in [-0.15, -0.1) is 12.4 Å². The van der Waals surface area contributed by atoms with Gasteiger partial charge in [0.1, 0.15) is 18.5 Å². The molecule has 20 heavy (non-hydrogen) atoms. The second-order valence-electron chi connectivity index (χ2n) is 5.25. The van der Waals surface area contributed by atoms with E-state index in [2.05, 4.69) is 18.7 Å². The predicted octanol–water partition coefficient (Wildman–Crippen LogP) is 1.96. The molecule has 1 fully saturated rings. The first-order valence-electron chi connectivity index (χ1n) is 6.87. The maximum Gasteiger partial charge on any atom is 0.119 e. The van der Waals surface area contributed by atoms with Gasteiger partial charge in [-0.2, -0.15) is 0 Å². The zero-order valence-corrected chi connectivity index (χ0v) is 12.9. The molecule has 1 aromatic rings. The molecule has 0 spiro atoms. The first-order valence-corrected chi connectivity index (χ1v) is 6.87. The van der Waals surface area contributed by atoms with Gasteiger partial charge in [0.2, 0.25) is 0 Å². The Labute approximate surface area is 127 Å². The summed E-state index contributed by atoms with van der Waals surface area (Å²) in [5.74, 6) is 0.797. The summed E-state index contributed by atoms with van der Waals surface area (Å²) in [6.07, 6.45) is -0.0188. The molecule has 1 aliphatic rings. The number of hydrogen-bond acceptors (Lipinski definition) is 4. The van der Waals surface area contributed by atoms with E-state index in [0.717, 1.165) is 18.8 Å². The van der Waals surface area contributed by atoms with Crippen LogP contribution in [0.15, 0.2) is 30.3 Å². The normalized spacial score (nSPS) is 24.8. The lowest BCUT2D eigenvalue weighted by Crippen LogP contribution is -2.48. The molecule has 1 heterocycles.